The van der Waals surface area contributed by atoms with E-state index in [1.54, 1.807) is 5.57 Å². The summed E-state index contributed by atoms with van der Waals surface area (Å²) in [6.45, 7) is 0. The van der Waals surface area contributed by atoms with Crippen LogP contribution in [0.4, 0.5) is 0 Å². The number of rotatable bonds is 0. The molecule has 1 nitrogen and oxygen atoms in total. The molecule has 0 bridgehead atoms. The van der Waals surface area contributed by atoms with Gasteiger partial charge in [0.25, 0.3) is 0 Å². The zero-order chi connectivity index (χ0) is 10.3. The molecule has 0 aliphatic heterocycles. The van der Waals surface area contributed by atoms with E-state index in [-0.39, 0.29) is 5.54 Å². The summed E-state index contributed by atoms with van der Waals surface area (Å²) in [5, 5.41) is 0. The van der Waals surface area contributed by atoms with Crippen molar-refractivity contribution in [2.45, 2.75) is 50.5 Å². The summed E-state index contributed by atoms with van der Waals surface area (Å²) in [5.41, 5.74) is 8.48. The van der Waals surface area contributed by atoms with Gasteiger partial charge >= 0.3 is 0 Å². The van der Waals surface area contributed by atoms with Crippen LogP contribution < -0.4 is 5.73 Å². The van der Waals surface area contributed by atoms with E-state index in [0.29, 0.717) is 5.92 Å². The second-order valence-electron chi connectivity index (χ2n) is 5.55. The zero-order valence-electron chi connectivity index (χ0n) is 9.41. The van der Waals surface area contributed by atoms with Gasteiger partial charge in [0.1, 0.15) is 0 Å². The number of allylic oxidation sites excluding steroid dienone is 2. The summed E-state index contributed by atoms with van der Waals surface area (Å²) in [4.78, 5) is 0. The summed E-state index contributed by atoms with van der Waals surface area (Å²) in [6.07, 6.45) is 16.3. The molecule has 0 heterocycles. The molecule has 2 N–H and O–H groups in total. The van der Waals surface area contributed by atoms with Crippen molar-refractivity contribution in [3.05, 3.63) is 23.8 Å². The third-order valence-electron chi connectivity index (χ3n) is 4.78. The highest BCUT2D eigenvalue weighted by Gasteiger charge is 2.45. The lowest BCUT2D eigenvalue weighted by molar-refractivity contribution is 0.156. The van der Waals surface area contributed by atoms with Gasteiger partial charge in [-0.15, -0.1) is 0 Å². The minimum atomic E-state index is 0.105. The molecule has 15 heavy (non-hydrogen) atoms. The van der Waals surface area contributed by atoms with Crippen molar-refractivity contribution < 1.29 is 0 Å². The van der Waals surface area contributed by atoms with Crippen LogP contribution in [-0.4, -0.2) is 5.54 Å². The quantitative estimate of drug-likeness (QED) is 0.643. The van der Waals surface area contributed by atoms with Crippen molar-refractivity contribution in [1.82, 2.24) is 0 Å². The Morgan fingerprint density at radius 2 is 2.07 bits per heavy atom. The normalized spacial score (nSPS) is 44.2. The number of hydrogen-bond donors (Lipinski definition) is 1. The second-order valence-corrected chi connectivity index (χ2v) is 5.55. The molecule has 3 aliphatic rings. The SMILES string of the molecule is NC12CCCCC1CCCC1=CC=CC12. The first-order valence-corrected chi connectivity index (χ1v) is 6.47. The monoisotopic (exact) mass is 203 g/mol. The Morgan fingerprint density at radius 1 is 1.20 bits per heavy atom. The molecule has 2 fully saturated rings. The highest BCUT2D eigenvalue weighted by molar-refractivity contribution is 5.33. The molecule has 3 unspecified atom stereocenters. The van der Waals surface area contributed by atoms with E-state index < -0.39 is 0 Å². The van der Waals surface area contributed by atoms with Crippen LogP contribution in [0.15, 0.2) is 23.8 Å². The van der Waals surface area contributed by atoms with E-state index >= 15 is 0 Å². The largest absolute Gasteiger partial charge is 0.324 e. The van der Waals surface area contributed by atoms with E-state index in [0.717, 1.165) is 5.92 Å². The standard InChI is InChI=1S/C14H21N/c15-14-10-2-1-7-12(14)8-3-5-11-6-4-9-13(11)14/h4,6,9,12-13H,1-3,5,7-8,10,15H2. The predicted octanol–water partition coefficient (Wildman–Crippen LogP) is 3.17. The Labute approximate surface area is 92.4 Å². The number of fused-ring (bicyclic) bond motifs is 3. The fraction of sp³-hybridized carbons (Fsp3) is 0.714. The van der Waals surface area contributed by atoms with Gasteiger partial charge < -0.3 is 5.73 Å². The van der Waals surface area contributed by atoms with Gasteiger partial charge in [-0.25, -0.2) is 0 Å². The van der Waals surface area contributed by atoms with Crippen molar-refractivity contribution in [1.29, 1.82) is 0 Å². The predicted molar refractivity (Wildman–Crippen MR) is 63.4 cm³/mol. The number of hydrogen-bond acceptors (Lipinski definition) is 1. The molecule has 1 heteroatoms. The lowest BCUT2D eigenvalue weighted by Crippen LogP contribution is -2.53. The van der Waals surface area contributed by atoms with Gasteiger partial charge in [0.2, 0.25) is 0 Å². The first-order valence-electron chi connectivity index (χ1n) is 6.47. The van der Waals surface area contributed by atoms with Gasteiger partial charge in [0.05, 0.1) is 0 Å². The molecule has 0 aromatic heterocycles. The Balaban J connectivity index is 1.96. The maximum atomic E-state index is 6.76. The number of nitrogens with two attached hydrogens (primary N) is 1. The molecule has 0 spiro atoms. The molecule has 0 amide bonds. The molecule has 3 rings (SSSR count). The average Bonchev–Trinajstić information content (AvgIpc) is 2.65. The maximum absolute atomic E-state index is 6.76. The van der Waals surface area contributed by atoms with Crippen LogP contribution in [0.25, 0.3) is 0 Å². The second kappa shape index (κ2) is 3.48. The fourth-order valence-electron chi connectivity index (χ4n) is 3.95. The third kappa shape index (κ3) is 1.40. The molecule has 0 saturated heterocycles. The van der Waals surface area contributed by atoms with Crippen LogP contribution in [0.3, 0.4) is 0 Å². The van der Waals surface area contributed by atoms with Gasteiger partial charge in [0.15, 0.2) is 0 Å². The first kappa shape index (κ1) is 9.65. The van der Waals surface area contributed by atoms with Crippen LogP contribution in [0.2, 0.25) is 0 Å². The molecule has 3 atom stereocenters. The topological polar surface area (TPSA) is 26.0 Å². The van der Waals surface area contributed by atoms with Crippen molar-refractivity contribution in [2.24, 2.45) is 17.6 Å². The van der Waals surface area contributed by atoms with Crippen LogP contribution in [0.5, 0.6) is 0 Å². The van der Waals surface area contributed by atoms with Crippen molar-refractivity contribution in [3.8, 4) is 0 Å². The van der Waals surface area contributed by atoms with Gasteiger partial charge in [-0.3, -0.25) is 0 Å². The van der Waals surface area contributed by atoms with E-state index in [2.05, 4.69) is 18.2 Å². The van der Waals surface area contributed by atoms with Crippen LogP contribution in [-0.2, 0) is 0 Å². The molecule has 0 aromatic rings. The van der Waals surface area contributed by atoms with E-state index in [4.69, 9.17) is 5.73 Å². The Bertz CT molecular complexity index is 315. The van der Waals surface area contributed by atoms with Crippen LogP contribution in [0.1, 0.15) is 44.9 Å². The summed E-state index contributed by atoms with van der Waals surface area (Å²) < 4.78 is 0. The molecule has 82 valence electrons. The van der Waals surface area contributed by atoms with E-state index in [1.807, 2.05) is 0 Å². The Hall–Kier alpha value is -0.560. The molecule has 2 saturated carbocycles. The van der Waals surface area contributed by atoms with Crippen molar-refractivity contribution in [2.75, 3.05) is 0 Å². The lowest BCUT2D eigenvalue weighted by atomic mass is 9.65. The third-order valence-corrected chi connectivity index (χ3v) is 4.78. The summed E-state index contributed by atoms with van der Waals surface area (Å²) in [7, 11) is 0. The van der Waals surface area contributed by atoms with E-state index in [9.17, 15) is 0 Å². The Morgan fingerprint density at radius 3 is 3.00 bits per heavy atom. The lowest BCUT2D eigenvalue weighted by Gasteiger charge is -2.44. The summed E-state index contributed by atoms with van der Waals surface area (Å²) >= 11 is 0. The van der Waals surface area contributed by atoms with Gasteiger partial charge in [0, 0.05) is 11.5 Å². The highest BCUT2D eigenvalue weighted by Crippen LogP contribution is 2.47. The minimum Gasteiger partial charge on any atom is -0.324 e. The zero-order valence-corrected chi connectivity index (χ0v) is 9.41. The molecule has 0 radical (unpaired) electrons. The minimum absolute atomic E-state index is 0.105. The molecular formula is C14H21N. The summed E-state index contributed by atoms with van der Waals surface area (Å²) in [6, 6.07) is 0. The highest BCUT2D eigenvalue weighted by atomic mass is 14.8. The Kier molecular flexibility index (Phi) is 2.24. The summed E-state index contributed by atoms with van der Waals surface area (Å²) in [5.74, 6) is 1.36. The molecular weight excluding hydrogens is 182 g/mol. The maximum Gasteiger partial charge on any atom is 0.0284 e. The van der Waals surface area contributed by atoms with Gasteiger partial charge in [-0.2, -0.15) is 0 Å². The van der Waals surface area contributed by atoms with Crippen molar-refractivity contribution in [3.63, 3.8) is 0 Å². The van der Waals surface area contributed by atoms with Gasteiger partial charge in [-0.05, 0) is 38.0 Å². The van der Waals surface area contributed by atoms with Gasteiger partial charge in [-0.1, -0.05) is 36.6 Å². The average molecular weight is 203 g/mol. The molecule has 0 aromatic carbocycles. The van der Waals surface area contributed by atoms with Crippen LogP contribution in [0, 0.1) is 11.8 Å². The van der Waals surface area contributed by atoms with Crippen molar-refractivity contribution >= 4 is 0 Å². The van der Waals surface area contributed by atoms with E-state index in [1.165, 1.54) is 44.9 Å². The molecule has 3 aliphatic carbocycles. The smallest absolute Gasteiger partial charge is 0.0284 e. The fourth-order valence-corrected chi connectivity index (χ4v) is 3.95. The first-order chi connectivity index (χ1) is 7.31. The van der Waals surface area contributed by atoms with Crippen LogP contribution >= 0.6 is 0 Å².